The molecule has 45 heavy (non-hydrogen) atoms. The van der Waals surface area contributed by atoms with E-state index in [0.717, 1.165) is 46.3 Å². The number of aromatic nitrogens is 6. The van der Waals surface area contributed by atoms with Gasteiger partial charge in [-0.05, 0) is 72.8 Å². The van der Waals surface area contributed by atoms with Crippen molar-refractivity contribution in [1.29, 1.82) is 15.8 Å². The van der Waals surface area contributed by atoms with Crippen LogP contribution in [-0.4, -0.2) is 29.9 Å². The average Bonchev–Trinajstić information content (AvgIpc) is 3.90. The summed E-state index contributed by atoms with van der Waals surface area (Å²) in [6.45, 7) is 0. The summed E-state index contributed by atoms with van der Waals surface area (Å²) in [6, 6.07) is 28.8. The largest absolute Gasteiger partial charge is 0.254 e. The van der Waals surface area contributed by atoms with Crippen molar-refractivity contribution < 1.29 is 0 Å². The third-order valence-electron chi connectivity index (χ3n) is 6.55. The highest BCUT2D eigenvalue weighted by Crippen LogP contribution is 2.38. The van der Waals surface area contributed by atoms with Crippen molar-refractivity contribution in [3.63, 3.8) is 0 Å². The third-order valence-corrected chi connectivity index (χ3v) is 9.86. The summed E-state index contributed by atoms with van der Waals surface area (Å²) in [5, 5.41) is 27.4. The molecule has 0 aliphatic rings. The predicted octanol–water partition coefficient (Wildman–Crippen LogP) is 7.86. The SMILES string of the molecule is N#Cc1ccc(-c2ccc(-c3nc(-c4ccc(-c5ccc(C#N)cn5)s4)nc(-c4ccc(-c5ccc(C#N)cn5)s4)n3)s2)nc1. The van der Waals surface area contributed by atoms with E-state index < -0.39 is 0 Å². The Balaban J connectivity index is 1.29. The second kappa shape index (κ2) is 12.0. The lowest BCUT2D eigenvalue weighted by atomic mass is 10.2. The molecular weight excluding hydrogens is 619 g/mol. The van der Waals surface area contributed by atoms with Gasteiger partial charge in [-0.25, -0.2) is 15.0 Å². The first-order valence-corrected chi connectivity index (χ1v) is 15.7. The fourth-order valence-electron chi connectivity index (χ4n) is 4.31. The molecular formula is C33H15N9S3. The maximum absolute atomic E-state index is 9.13. The molecule has 0 bridgehead atoms. The zero-order valence-electron chi connectivity index (χ0n) is 22.9. The van der Waals surface area contributed by atoms with Crippen molar-refractivity contribution in [3.8, 4) is 82.0 Å². The molecule has 7 aromatic heterocycles. The fraction of sp³-hybridized carbons (Fsp3) is 0. The van der Waals surface area contributed by atoms with Crippen molar-refractivity contribution in [2.24, 2.45) is 0 Å². The van der Waals surface area contributed by atoms with Crippen molar-refractivity contribution in [1.82, 2.24) is 29.9 Å². The topological polar surface area (TPSA) is 149 Å². The number of thiophene rings is 3. The molecule has 0 fully saturated rings. The van der Waals surface area contributed by atoms with E-state index in [-0.39, 0.29) is 0 Å². The Kier molecular flexibility index (Phi) is 7.40. The highest BCUT2D eigenvalue weighted by Gasteiger charge is 2.18. The summed E-state index contributed by atoms with van der Waals surface area (Å²) in [4.78, 5) is 33.3. The molecule has 0 saturated carbocycles. The first-order valence-electron chi connectivity index (χ1n) is 13.3. The van der Waals surface area contributed by atoms with Gasteiger partial charge in [-0.15, -0.1) is 34.0 Å². The summed E-state index contributed by atoms with van der Waals surface area (Å²) >= 11 is 4.52. The van der Waals surface area contributed by atoms with Gasteiger partial charge in [0, 0.05) is 18.6 Å². The van der Waals surface area contributed by atoms with Crippen LogP contribution in [0.3, 0.4) is 0 Å². The van der Waals surface area contributed by atoms with Crippen LogP contribution in [0.4, 0.5) is 0 Å². The first kappa shape index (κ1) is 27.8. The van der Waals surface area contributed by atoms with Crippen molar-refractivity contribution in [2.45, 2.75) is 0 Å². The van der Waals surface area contributed by atoms with Gasteiger partial charge in [0.25, 0.3) is 0 Å². The van der Waals surface area contributed by atoms with Crippen LogP contribution < -0.4 is 0 Å². The Morgan fingerprint density at radius 3 is 0.911 bits per heavy atom. The van der Waals surface area contributed by atoms with E-state index in [2.05, 4.69) is 33.2 Å². The van der Waals surface area contributed by atoms with E-state index in [9.17, 15) is 0 Å². The van der Waals surface area contributed by atoms with E-state index >= 15 is 0 Å². The molecule has 7 heterocycles. The fourth-order valence-corrected chi connectivity index (χ4v) is 7.06. The van der Waals surface area contributed by atoms with Gasteiger partial charge in [0.1, 0.15) is 18.2 Å². The highest BCUT2D eigenvalue weighted by molar-refractivity contribution is 7.19. The summed E-state index contributed by atoms with van der Waals surface area (Å²) < 4.78 is 0. The van der Waals surface area contributed by atoms with Crippen LogP contribution in [-0.2, 0) is 0 Å². The Labute approximate surface area is 268 Å². The Bertz CT molecular complexity index is 2020. The lowest BCUT2D eigenvalue weighted by molar-refractivity contribution is 1.09. The molecule has 0 atom stereocenters. The Morgan fingerprint density at radius 1 is 0.378 bits per heavy atom. The molecule has 0 N–H and O–H groups in total. The zero-order valence-corrected chi connectivity index (χ0v) is 25.4. The standard InChI is InChI=1S/C33H15N9S3/c34-13-19-1-4-22(37-16-19)25-7-10-28(43-25)31-40-32(29-11-8-26(44-29)23-5-2-20(14-35)17-38-23)42-33(41-31)30-12-9-27(45-30)24-6-3-21(15-36)18-39-24/h1-12,16-18H. The van der Waals surface area contributed by atoms with Gasteiger partial charge in [0.05, 0.1) is 63.0 Å². The molecule has 210 valence electrons. The number of nitriles is 3. The minimum Gasteiger partial charge on any atom is -0.254 e. The van der Waals surface area contributed by atoms with Gasteiger partial charge in [0.15, 0.2) is 17.5 Å². The molecule has 7 rings (SSSR count). The molecule has 0 aliphatic carbocycles. The van der Waals surface area contributed by atoms with Crippen LogP contribution in [0.5, 0.6) is 0 Å². The van der Waals surface area contributed by atoms with E-state index in [1.807, 2.05) is 54.6 Å². The Morgan fingerprint density at radius 2 is 0.667 bits per heavy atom. The summed E-state index contributed by atoms with van der Waals surface area (Å²) in [6.07, 6.45) is 4.67. The van der Waals surface area contributed by atoms with Gasteiger partial charge in [-0.2, -0.15) is 15.8 Å². The molecule has 0 unspecified atom stereocenters. The van der Waals surface area contributed by atoms with Crippen LogP contribution in [0.25, 0.3) is 63.8 Å². The lowest BCUT2D eigenvalue weighted by Crippen LogP contribution is -1.97. The molecule has 9 nitrogen and oxygen atoms in total. The third kappa shape index (κ3) is 5.70. The lowest BCUT2D eigenvalue weighted by Gasteiger charge is -2.04. The molecule has 0 saturated heterocycles. The summed E-state index contributed by atoms with van der Waals surface area (Å²) in [5.41, 5.74) is 3.78. The van der Waals surface area contributed by atoms with E-state index in [1.165, 1.54) is 34.0 Å². The van der Waals surface area contributed by atoms with E-state index in [4.69, 9.17) is 30.7 Å². The molecule has 0 radical (unpaired) electrons. The molecule has 0 aromatic carbocycles. The minimum absolute atomic E-state index is 0.500. The normalized spacial score (nSPS) is 10.6. The van der Waals surface area contributed by atoms with Gasteiger partial charge in [-0.1, -0.05) is 0 Å². The predicted molar refractivity (Wildman–Crippen MR) is 174 cm³/mol. The van der Waals surface area contributed by atoms with Crippen LogP contribution >= 0.6 is 34.0 Å². The molecule has 7 aromatic rings. The van der Waals surface area contributed by atoms with Gasteiger partial charge in [0.2, 0.25) is 0 Å². The quantitative estimate of drug-likeness (QED) is 0.178. The van der Waals surface area contributed by atoms with Gasteiger partial charge < -0.3 is 0 Å². The monoisotopic (exact) mass is 633 g/mol. The van der Waals surface area contributed by atoms with Crippen LogP contribution in [0.1, 0.15) is 16.7 Å². The van der Waals surface area contributed by atoms with Crippen LogP contribution in [0.15, 0.2) is 91.4 Å². The van der Waals surface area contributed by atoms with Gasteiger partial charge in [-0.3, -0.25) is 15.0 Å². The maximum atomic E-state index is 9.13. The molecule has 12 heteroatoms. The average molecular weight is 634 g/mol. The summed E-state index contributed by atoms with van der Waals surface area (Å²) in [5.74, 6) is 1.58. The van der Waals surface area contributed by atoms with E-state index in [0.29, 0.717) is 34.2 Å². The zero-order chi connectivity index (χ0) is 30.8. The van der Waals surface area contributed by atoms with Crippen LogP contribution in [0.2, 0.25) is 0 Å². The molecule has 0 spiro atoms. The number of hydrogen-bond acceptors (Lipinski definition) is 12. The number of nitrogens with zero attached hydrogens (tertiary/aromatic N) is 9. The number of rotatable bonds is 6. The van der Waals surface area contributed by atoms with Crippen LogP contribution in [0, 0.1) is 34.0 Å². The van der Waals surface area contributed by atoms with Crippen molar-refractivity contribution in [2.75, 3.05) is 0 Å². The summed E-state index contributed by atoms with van der Waals surface area (Å²) in [7, 11) is 0. The number of pyridine rings is 3. The molecule has 0 aliphatic heterocycles. The first-order chi connectivity index (χ1) is 22.1. The van der Waals surface area contributed by atoms with Crippen molar-refractivity contribution >= 4 is 34.0 Å². The second-order valence-electron chi connectivity index (χ2n) is 9.43. The highest BCUT2D eigenvalue weighted by atomic mass is 32.1. The molecule has 0 amide bonds. The van der Waals surface area contributed by atoms with E-state index in [1.54, 1.807) is 36.8 Å². The van der Waals surface area contributed by atoms with Gasteiger partial charge >= 0.3 is 0 Å². The number of hydrogen-bond donors (Lipinski definition) is 0. The maximum Gasteiger partial charge on any atom is 0.174 e. The second-order valence-corrected chi connectivity index (χ2v) is 12.7. The van der Waals surface area contributed by atoms with Crippen molar-refractivity contribution in [3.05, 3.63) is 108 Å². The smallest absolute Gasteiger partial charge is 0.174 e. The Hall–Kier alpha value is -5.97. The minimum atomic E-state index is 0.500.